The molecule has 0 saturated carbocycles. The number of ether oxygens (including phenoxy) is 2. The number of piperazine rings is 1. The van der Waals surface area contributed by atoms with E-state index in [2.05, 4.69) is 28.0 Å². The van der Waals surface area contributed by atoms with Crippen LogP contribution in [0.4, 0.5) is 4.79 Å². The Balaban J connectivity index is 1.29. The zero-order chi connectivity index (χ0) is 18.6. The van der Waals surface area contributed by atoms with E-state index in [1.165, 1.54) is 30.5 Å². The quantitative estimate of drug-likeness (QED) is 0.811. The molecule has 3 aliphatic heterocycles. The van der Waals surface area contributed by atoms with E-state index in [4.69, 9.17) is 9.47 Å². The number of hydrogen-bond acceptors (Lipinski definition) is 5. The van der Waals surface area contributed by atoms with Crippen molar-refractivity contribution >= 4 is 6.09 Å². The van der Waals surface area contributed by atoms with E-state index < -0.39 is 0 Å². The fourth-order valence-corrected chi connectivity index (χ4v) is 4.55. The Morgan fingerprint density at radius 3 is 2.89 bits per heavy atom. The van der Waals surface area contributed by atoms with E-state index in [1.807, 2.05) is 11.8 Å². The first-order valence-corrected chi connectivity index (χ1v) is 10.4. The lowest BCUT2D eigenvalue weighted by Crippen LogP contribution is -2.55. The molecule has 0 radical (unpaired) electrons. The predicted molar refractivity (Wildman–Crippen MR) is 104 cm³/mol. The summed E-state index contributed by atoms with van der Waals surface area (Å²) < 4.78 is 10.8. The summed E-state index contributed by atoms with van der Waals surface area (Å²) in [5.74, 6) is 1.06. The zero-order valence-electron chi connectivity index (χ0n) is 16.4. The summed E-state index contributed by atoms with van der Waals surface area (Å²) in [6.45, 7) is 9.90. The van der Waals surface area contributed by atoms with Crippen molar-refractivity contribution < 1.29 is 14.3 Å². The van der Waals surface area contributed by atoms with Gasteiger partial charge in [0.05, 0.1) is 13.2 Å². The van der Waals surface area contributed by atoms with Gasteiger partial charge in [0.2, 0.25) is 0 Å². The molecule has 1 aromatic rings. The Labute approximate surface area is 162 Å². The van der Waals surface area contributed by atoms with Crippen LogP contribution in [0.15, 0.2) is 18.2 Å². The van der Waals surface area contributed by atoms with E-state index >= 15 is 0 Å². The van der Waals surface area contributed by atoms with Gasteiger partial charge in [0.1, 0.15) is 5.75 Å². The molecule has 1 amide bonds. The third-order valence-corrected chi connectivity index (χ3v) is 6.00. The lowest BCUT2D eigenvalue weighted by molar-refractivity contribution is 0.0412. The number of rotatable bonds is 4. The highest BCUT2D eigenvalue weighted by Crippen LogP contribution is 2.27. The van der Waals surface area contributed by atoms with Crippen LogP contribution in [0, 0.1) is 0 Å². The van der Waals surface area contributed by atoms with Gasteiger partial charge in [0.15, 0.2) is 0 Å². The van der Waals surface area contributed by atoms with Gasteiger partial charge in [0, 0.05) is 51.7 Å². The molecule has 0 bridgehead atoms. The van der Waals surface area contributed by atoms with Gasteiger partial charge >= 0.3 is 6.09 Å². The SMILES string of the molecule is CCOC(=O)N1CCN(C2CCCN(Cc3ccc4c(c3)CCO4)C2)CC1. The van der Waals surface area contributed by atoms with Crippen LogP contribution in [0.5, 0.6) is 5.75 Å². The average Bonchev–Trinajstić information content (AvgIpc) is 3.16. The summed E-state index contributed by atoms with van der Waals surface area (Å²) in [5, 5.41) is 0. The van der Waals surface area contributed by atoms with Gasteiger partial charge in [-0.3, -0.25) is 9.80 Å². The number of carbonyl (C=O) groups excluding carboxylic acids is 1. The molecule has 1 aromatic carbocycles. The number of hydrogen-bond donors (Lipinski definition) is 0. The number of carbonyl (C=O) groups is 1. The summed E-state index contributed by atoms with van der Waals surface area (Å²) in [6, 6.07) is 7.27. The molecule has 1 unspecified atom stereocenters. The molecule has 0 aliphatic carbocycles. The number of nitrogens with zero attached hydrogens (tertiary/aromatic N) is 3. The molecule has 2 saturated heterocycles. The fraction of sp³-hybridized carbons (Fsp3) is 0.667. The Morgan fingerprint density at radius 2 is 2.07 bits per heavy atom. The fourth-order valence-electron chi connectivity index (χ4n) is 4.55. The first-order chi connectivity index (χ1) is 13.2. The van der Waals surface area contributed by atoms with Crippen LogP contribution in [-0.4, -0.2) is 79.3 Å². The van der Waals surface area contributed by atoms with E-state index in [1.54, 1.807) is 0 Å². The Bertz CT molecular complexity index is 658. The summed E-state index contributed by atoms with van der Waals surface area (Å²) in [7, 11) is 0. The molecule has 27 heavy (non-hydrogen) atoms. The second-order valence-electron chi connectivity index (χ2n) is 7.79. The van der Waals surface area contributed by atoms with Crippen LogP contribution in [0.1, 0.15) is 30.9 Å². The summed E-state index contributed by atoms with van der Waals surface area (Å²) >= 11 is 0. The molecule has 0 aromatic heterocycles. The van der Waals surface area contributed by atoms with Crippen LogP contribution < -0.4 is 4.74 Å². The Hall–Kier alpha value is -1.79. The van der Waals surface area contributed by atoms with Crippen molar-refractivity contribution in [3.8, 4) is 5.75 Å². The molecular weight excluding hydrogens is 342 g/mol. The summed E-state index contributed by atoms with van der Waals surface area (Å²) in [5.41, 5.74) is 2.75. The summed E-state index contributed by atoms with van der Waals surface area (Å²) in [4.78, 5) is 18.9. The minimum atomic E-state index is -0.164. The lowest BCUT2D eigenvalue weighted by atomic mass is 10.0. The average molecular weight is 373 g/mol. The number of benzene rings is 1. The van der Waals surface area contributed by atoms with Gasteiger partial charge in [-0.15, -0.1) is 0 Å². The number of fused-ring (bicyclic) bond motifs is 1. The van der Waals surface area contributed by atoms with Gasteiger partial charge in [-0.25, -0.2) is 4.79 Å². The highest BCUT2D eigenvalue weighted by Gasteiger charge is 2.29. The summed E-state index contributed by atoms with van der Waals surface area (Å²) in [6.07, 6.45) is 3.38. The number of amides is 1. The second-order valence-corrected chi connectivity index (χ2v) is 7.79. The van der Waals surface area contributed by atoms with Gasteiger partial charge < -0.3 is 14.4 Å². The second kappa shape index (κ2) is 8.48. The lowest BCUT2D eigenvalue weighted by Gasteiger charge is -2.43. The zero-order valence-corrected chi connectivity index (χ0v) is 16.4. The third kappa shape index (κ3) is 4.38. The predicted octanol–water partition coefficient (Wildman–Crippen LogP) is 2.36. The van der Waals surface area contributed by atoms with Crippen LogP contribution >= 0.6 is 0 Å². The molecule has 2 fully saturated rings. The van der Waals surface area contributed by atoms with Crippen molar-refractivity contribution in [3.63, 3.8) is 0 Å². The van der Waals surface area contributed by atoms with Gasteiger partial charge in [-0.1, -0.05) is 12.1 Å². The van der Waals surface area contributed by atoms with Crippen molar-refractivity contribution in [3.05, 3.63) is 29.3 Å². The minimum absolute atomic E-state index is 0.164. The van der Waals surface area contributed by atoms with Crippen molar-refractivity contribution in [2.75, 3.05) is 52.5 Å². The van der Waals surface area contributed by atoms with Crippen LogP contribution in [-0.2, 0) is 17.7 Å². The third-order valence-electron chi connectivity index (χ3n) is 6.00. The van der Waals surface area contributed by atoms with Crippen LogP contribution in [0.25, 0.3) is 0 Å². The van der Waals surface area contributed by atoms with E-state index in [0.717, 1.165) is 58.0 Å². The van der Waals surface area contributed by atoms with Crippen molar-refractivity contribution in [1.29, 1.82) is 0 Å². The maximum Gasteiger partial charge on any atom is 0.409 e. The van der Waals surface area contributed by atoms with Crippen LogP contribution in [0.2, 0.25) is 0 Å². The van der Waals surface area contributed by atoms with E-state index in [9.17, 15) is 4.79 Å². The Morgan fingerprint density at radius 1 is 1.22 bits per heavy atom. The normalized spacial score (nSPS) is 23.7. The maximum absolute atomic E-state index is 11.9. The molecule has 148 valence electrons. The largest absolute Gasteiger partial charge is 0.493 e. The molecule has 6 nitrogen and oxygen atoms in total. The van der Waals surface area contributed by atoms with Crippen molar-refractivity contribution in [2.45, 2.75) is 38.8 Å². The van der Waals surface area contributed by atoms with E-state index in [0.29, 0.717) is 12.6 Å². The highest BCUT2D eigenvalue weighted by atomic mass is 16.6. The maximum atomic E-state index is 11.9. The van der Waals surface area contributed by atoms with Crippen LogP contribution in [0.3, 0.4) is 0 Å². The molecule has 6 heteroatoms. The molecule has 1 atom stereocenters. The molecule has 4 rings (SSSR count). The molecule has 3 aliphatic rings. The van der Waals surface area contributed by atoms with Crippen molar-refractivity contribution in [1.82, 2.24) is 14.7 Å². The molecule has 0 N–H and O–H groups in total. The number of piperidine rings is 1. The minimum Gasteiger partial charge on any atom is -0.493 e. The van der Waals surface area contributed by atoms with Gasteiger partial charge in [-0.2, -0.15) is 0 Å². The van der Waals surface area contributed by atoms with Crippen molar-refractivity contribution in [2.24, 2.45) is 0 Å². The molecule has 0 spiro atoms. The molecule has 3 heterocycles. The number of likely N-dealkylation sites (tertiary alicyclic amines) is 1. The van der Waals surface area contributed by atoms with E-state index in [-0.39, 0.29) is 6.09 Å². The topological polar surface area (TPSA) is 45.2 Å². The monoisotopic (exact) mass is 373 g/mol. The smallest absolute Gasteiger partial charge is 0.409 e. The standard InChI is InChI=1S/C21H31N3O3/c1-2-26-21(25)24-11-9-23(10-12-24)19-4-3-8-22(16-19)15-17-5-6-20-18(14-17)7-13-27-20/h5-6,14,19H,2-4,7-13,15-16H2,1H3. The first kappa shape index (κ1) is 18.6. The van der Waals surface area contributed by atoms with Gasteiger partial charge in [0.25, 0.3) is 0 Å². The first-order valence-electron chi connectivity index (χ1n) is 10.4. The highest BCUT2D eigenvalue weighted by molar-refractivity contribution is 5.67. The van der Waals surface area contributed by atoms with Gasteiger partial charge in [-0.05, 0) is 43.5 Å². The Kier molecular flexibility index (Phi) is 5.83. The molecular formula is C21H31N3O3.